The summed E-state index contributed by atoms with van der Waals surface area (Å²) in [6.45, 7) is 0. The number of thiophene rings is 1. The van der Waals surface area contributed by atoms with Crippen molar-refractivity contribution in [3.8, 4) is 33.4 Å². The van der Waals surface area contributed by atoms with E-state index in [0.29, 0.717) is 0 Å². The first-order valence-electron chi connectivity index (χ1n) is 18.9. The maximum Gasteiger partial charge on any atom is 0.0726 e. The quantitative estimate of drug-likeness (QED) is 0.180. The summed E-state index contributed by atoms with van der Waals surface area (Å²) < 4.78 is 2.44. The molecule has 55 heavy (non-hydrogen) atoms. The molecule has 2 aliphatic carbocycles. The van der Waals surface area contributed by atoms with Crippen molar-refractivity contribution in [1.29, 1.82) is 0 Å². The molecule has 3 heteroatoms. The van der Waals surface area contributed by atoms with Gasteiger partial charge < -0.3 is 4.90 Å². The van der Waals surface area contributed by atoms with Crippen molar-refractivity contribution in [3.05, 3.63) is 217 Å². The molecule has 0 fully saturated rings. The molecule has 2 heterocycles. The summed E-state index contributed by atoms with van der Waals surface area (Å²) in [5, 5.41) is 3.72. The van der Waals surface area contributed by atoms with E-state index in [2.05, 4.69) is 199 Å². The first-order valence-corrected chi connectivity index (χ1v) is 19.7. The topological polar surface area (TPSA) is 16.1 Å². The summed E-state index contributed by atoms with van der Waals surface area (Å²) in [6.07, 6.45) is 2.06. The molecule has 2 aliphatic rings. The largest absolute Gasteiger partial charge is 0.308 e. The fraction of sp³-hybridized carbons (Fsp3) is 0.0192. The molecule has 0 amide bonds. The fourth-order valence-corrected chi connectivity index (χ4v) is 10.9. The maximum atomic E-state index is 4.88. The minimum absolute atomic E-state index is 0.424. The standard InChI is InChI=1S/C52H32N2S/c1-2-14-33(15-3-1)34-28-30-35(31-29-34)54(47-27-12-20-40-49-39-19-7-11-25-45(39)53-32-48(49)55-51(40)47)46-26-13-24-44-50(46)38-18-6-10-23-43(38)52(44)41-21-8-4-16-36(41)37-17-5-9-22-42(37)52/h1-32H. The van der Waals surface area contributed by atoms with Crippen molar-refractivity contribution in [2.24, 2.45) is 0 Å². The van der Waals surface area contributed by atoms with Crippen LogP contribution in [0.2, 0.25) is 0 Å². The van der Waals surface area contributed by atoms with Crippen molar-refractivity contribution in [3.63, 3.8) is 0 Å². The minimum atomic E-state index is -0.424. The van der Waals surface area contributed by atoms with Crippen LogP contribution in [0.1, 0.15) is 22.3 Å². The lowest BCUT2D eigenvalue weighted by Crippen LogP contribution is -2.26. The molecular formula is C52H32N2S. The highest BCUT2D eigenvalue weighted by molar-refractivity contribution is 7.26. The van der Waals surface area contributed by atoms with E-state index in [1.165, 1.54) is 86.9 Å². The molecule has 0 saturated carbocycles. The first-order chi connectivity index (χ1) is 27.3. The van der Waals surface area contributed by atoms with Gasteiger partial charge in [0.05, 0.1) is 31.7 Å². The third-order valence-corrected chi connectivity index (χ3v) is 13.1. The van der Waals surface area contributed by atoms with Gasteiger partial charge in [-0.1, -0.05) is 158 Å². The molecule has 12 rings (SSSR count). The molecule has 10 aromatic rings. The second kappa shape index (κ2) is 11.6. The Morgan fingerprint density at radius 2 is 1.00 bits per heavy atom. The van der Waals surface area contributed by atoms with E-state index in [-0.39, 0.29) is 0 Å². The Bertz CT molecular complexity index is 3110. The van der Waals surface area contributed by atoms with E-state index in [1.54, 1.807) is 0 Å². The van der Waals surface area contributed by atoms with Crippen LogP contribution in [0.5, 0.6) is 0 Å². The molecule has 0 atom stereocenters. The second-order valence-corrected chi connectivity index (χ2v) is 15.7. The molecule has 0 bridgehead atoms. The lowest BCUT2D eigenvalue weighted by molar-refractivity contribution is 0.794. The Labute approximate surface area is 323 Å². The number of anilines is 3. The Balaban J connectivity index is 1.17. The van der Waals surface area contributed by atoms with E-state index in [0.717, 1.165) is 16.9 Å². The van der Waals surface area contributed by atoms with Crippen LogP contribution >= 0.6 is 11.3 Å². The fourth-order valence-electron chi connectivity index (χ4n) is 9.75. The van der Waals surface area contributed by atoms with Crippen molar-refractivity contribution in [2.75, 3.05) is 4.90 Å². The van der Waals surface area contributed by atoms with E-state index >= 15 is 0 Å². The average Bonchev–Trinajstić information content (AvgIpc) is 3.90. The lowest BCUT2D eigenvalue weighted by atomic mass is 9.70. The zero-order valence-corrected chi connectivity index (χ0v) is 30.6. The summed E-state index contributed by atoms with van der Waals surface area (Å²) >= 11 is 1.84. The Kier molecular flexibility index (Phi) is 6.46. The number of hydrogen-bond donors (Lipinski definition) is 0. The third kappa shape index (κ3) is 4.16. The lowest BCUT2D eigenvalue weighted by Gasteiger charge is -2.32. The summed E-state index contributed by atoms with van der Waals surface area (Å²) in [5.41, 5.74) is 17.0. The van der Waals surface area contributed by atoms with Crippen LogP contribution < -0.4 is 4.90 Å². The number of fused-ring (bicyclic) bond motifs is 15. The van der Waals surface area contributed by atoms with Gasteiger partial charge in [-0.3, -0.25) is 4.98 Å². The summed E-state index contributed by atoms with van der Waals surface area (Å²) in [7, 11) is 0. The highest BCUT2D eigenvalue weighted by Gasteiger charge is 2.52. The molecule has 0 radical (unpaired) electrons. The minimum Gasteiger partial charge on any atom is -0.308 e. The average molecular weight is 717 g/mol. The Morgan fingerprint density at radius 1 is 0.436 bits per heavy atom. The Hall–Kier alpha value is -6.81. The van der Waals surface area contributed by atoms with Gasteiger partial charge in [-0.05, 0) is 80.4 Å². The van der Waals surface area contributed by atoms with Crippen molar-refractivity contribution in [2.45, 2.75) is 5.41 Å². The number of pyridine rings is 1. The number of para-hydroxylation sites is 1. The number of hydrogen-bond acceptors (Lipinski definition) is 3. The third-order valence-electron chi connectivity index (χ3n) is 11.9. The molecule has 256 valence electrons. The van der Waals surface area contributed by atoms with Crippen LogP contribution in [0, 0.1) is 0 Å². The highest BCUT2D eigenvalue weighted by atomic mass is 32.1. The van der Waals surface area contributed by atoms with Crippen LogP contribution in [0.15, 0.2) is 194 Å². The van der Waals surface area contributed by atoms with Crippen molar-refractivity contribution >= 4 is 59.5 Å². The number of benzene rings is 8. The van der Waals surface area contributed by atoms with Crippen molar-refractivity contribution < 1.29 is 0 Å². The number of nitrogens with zero attached hydrogens (tertiary/aromatic N) is 2. The predicted octanol–water partition coefficient (Wildman–Crippen LogP) is 14.1. The van der Waals surface area contributed by atoms with Crippen LogP contribution in [0.3, 0.4) is 0 Å². The van der Waals surface area contributed by atoms with Gasteiger partial charge in [0, 0.05) is 33.6 Å². The highest BCUT2D eigenvalue weighted by Crippen LogP contribution is 2.65. The summed E-state index contributed by atoms with van der Waals surface area (Å²) in [5.74, 6) is 0. The molecular weight excluding hydrogens is 685 g/mol. The molecule has 2 aromatic heterocycles. The first kappa shape index (κ1) is 30.6. The van der Waals surface area contributed by atoms with Crippen LogP contribution in [-0.2, 0) is 5.41 Å². The predicted molar refractivity (Wildman–Crippen MR) is 231 cm³/mol. The number of rotatable bonds is 4. The SMILES string of the molecule is c1ccc(-c2ccc(N(c3cccc4c3-c3ccccc3C43c4ccccc4-c4ccccc43)c3cccc4c3sc3cnc5ccccc5c34)cc2)cc1. The molecule has 2 nitrogen and oxygen atoms in total. The van der Waals surface area contributed by atoms with Gasteiger partial charge in [0.2, 0.25) is 0 Å². The summed E-state index contributed by atoms with van der Waals surface area (Å²) in [4.78, 5) is 7.40. The Morgan fingerprint density at radius 3 is 1.76 bits per heavy atom. The van der Waals surface area contributed by atoms with Gasteiger partial charge in [-0.25, -0.2) is 0 Å². The molecule has 0 unspecified atom stereocenters. The van der Waals surface area contributed by atoms with E-state index < -0.39 is 5.41 Å². The smallest absolute Gasteiger partial charge is 0.0726 e. The van der Waals surface area contributed by atoms with Crippen LogP contribution in [-0.4, -0.2) is 4.98 Å². The normalized spacial score (nSPS) is 13.2. The summed E-state index contributed by atoms with van der Waals surface area (Å²) in [6, 6.07) is 69.3. The van der Waals surface area contributed by atoms with Gasteiger partial charge in [0.15, 0.2) is 0 Å². The van der Waals surface area contributed by atoms with Crippen LogP contribution in [0.4, 0.5) is 17.1 Å². The monoisotopic (exact) mass is 716 g/mol. The zero-order valence-electron chi connectivity index (χ0n) is 29.8. The zero-order chi connectivity index (χ0) is 36.1. The van der Waals surface area contributed by atoms with E-state index in [4.69, 9.17) is 4.98 Å². The molecule has 8 aromatic carbocycles. The second-order valence-electron chi connectivity index (χ2n) is 14.6. The van der Waals surface area contributed by atoms with Gasteiger partial charge in [-0.15, -0.1) is 11.3 Å². The number of aromatic nitrogens is 1. The van der Waals surface area contributed by atoms with Gasteiger partial charge in [-0.2, -0.15) is 0 Å². The maximum absolute atomic E-state index is 4.88. The van der Waals surface area contributed by atoms with Crippen molar-refractivity contribution in [1.82, 2.24) is 4.98 Å². The van der Waals surface area contributed by atoms with Crippen LogP contribution in [0.25, 0.3) is 64.5 Å². The van der Waals surface area contributed by atoms with Gasteiger partial charge in [0.25, 0.3) is 0 Å². The molecule has 0 aliphatic heterocycles. The van der Waals surface area contributed by atoms with Gasteiger partial charge >= 0.3 is 0 Å². The molecule has 1 spiro atoms. The molecule has 0 N–H and O–H groups in total. The van der Waals surface area contributed by atoms with E-state index in [1.807, 2.05) is 11.3 Å². The molecule has 0 saturated heterocycles. The van der Waals surface area contributed by atoms with E-state index in [9.17, 15) is 0 Å². The van der Waals surface area contributed by atoms with Gasteiger partial charge in [0.1, 0.15) is 0 Å².